The average Bonchev–Trinajstić information content (AvgIpc) is 2.16. The predicted octanol–water partition coefficient (Wildman–Crippen LogP) is 3.54. The van der Waals surface area contributed by atoms with Crippen molar-refractivity contribution in [2.45, 2.75) is 11.8 Å². The molecule has 2 nitrogen and oxygen atoms in total. The van der Waals surface area contributed by atoms with E-state index in [0.717, 1.165) is 10.5 Å². The maximum atomic E-state index is 10.9. The summed E-state index contributed by atoms with van der Waals surface area (Å²) in [6.45, 7) is 5.35. The second-order valence-electron chi connectivity index (χ2n) is 3.09. The molecule has 0 aliphatic heterocycles. The first-order valence-corrected chi connectivity index (χ1v) is 5.67. The van der Waals surface area contributed by atoms with E-state index in [1.807, 2.05) is 6.07 Å². The molecule has 0 saturated carbocycles. The summed E-state index contributed by atoms with van der Waals surface area (Å²) in [6.07, 6.45) is 0. The predicted molar refractivity (Wildman–Crippen MR) is 63.9 cm³/mol. The van der Waals surface area contributed by atoms with E-state index >= 15 is 0 Å². The molecule has 0 fully saturated rings. The molecule has 0 saturated heterocycles. The van der Waals surface area contributed by atoms with Gasteiger partial charge in [-0.2, -0.15) is 0 Å². The molecule has 0 unspecified atom stereocenters. The Kier molecular flexibility index (Phi) is 4.24. The fourth-order valence-corrected chi connectivity index (χ4v) is 1.94. The minimum atomic E-state index is -0.903. The number of rotatable bonds is 4. The Morgan fingerprint density at radius 2 is 2.27 bits per heavy atom. The van der Waals surface area contributed by atoms with Crippen LogP contribution in [-0.2, 0) is 0 Å². The van der Waals surface area contributed by atoms with Gasteiger partial charge in [0.15, 0.2) is 0 Å². The van der Waals surface area contributed by atoms with Gasteiger partial charge in [0.25, 0.3) is 0 Å². The van der Waals surface area contributed by atoms with Gasteiger partial charge in [0.05, 0.1) is 5.56 Å². The molecule has 0 radical (unpaired) electrons. The van der Waals surface area contributed by atoms with Crippen molar-refractivity contribution in [1.29, 1.82) is 0 Å². The fraction of sp³-hybridized carbons (Fsp3) is 0.182. The summed E-state index contributed by atoms with van der Waals surface area (Å²) in [5.74, 6) is -0.316. The van der Waals surface area contributed by atoms with Gasteiger partial charge in [0.1, 0.15) is 0 Å². The molecule has 1 rings (SSSR count). The Balaban J connectivity index is 2.87. The number of carboxylic acid groups (broad SMARTS) is 1. The zero-order chi connectivity index (χ0) is 11.4. The Labute approximate surface area is 97.9 Å². The number of carboxylic acids is 1. The highest BCUT2D eigenvalue weighted by molar-refractivity contribution is 7.99. The minimum Gasteiger partial charge on any atom is -0.478 e. The quantitative estimate of drug-likeness (QED) is 0.821. The van der Waals surface area contributed by atoms with E-state index in [-0.39, 0.29) is 0 Å². The van der Waals surface area contributed by atoms with Gasteiger partial charge in [-0.05, 0) is 24.6 Å². The topological polar surface area (TPSA) is 37.3 Å². The fourth-order valence-electron chi connectivity index (χ4n) is 1.08. The van der Waals surface area contributed by atoms with E-state index in [0.29, 0.717) is 16.3 Å². The molecule has 0 aliphatic rings. The Morgan fingerprint density at radius 1 is 1.60 bits per heavy atom. The monoisotopic (exact) mass is 242 g/mol. The molecule has 80 valence electrons. The third-order valence-corrected chi connectivity index (χ3v) is 3.21. The molecule has 0 aliphatic carbocycles. The Hall–Kier alpha value is -0.930. The van der Waals surface area contributed by atoms with Crippen molar-refractivity contribution in [2.75, 3.05) is 5.75 Å². The summed E-state index contributed by atoms with van der Waals surface area (Å²) in [7, 11) is 0. The lowest BCUT2D eigenvalue weighted by Gasteiger charge is -2.04. The standard InChI is InChI=1S/C11H11ClO2S/c1-7-3-4-9(15-6-8(2)12)5-10(7)11(13)14/h3-5H,2,6H2,1H3,(H,13,14). The molecule has 1 aromatic rings. The lowest BCUT2D eigenvalue weighted by Crippen LogP contribution is -1.99. The van der Waals surface area contributed by atoms with Gasteiger partial charge in [0, 0.05) is 15.7 Å². The van der Waals surface area contributed by atoms with E-state index in [9.17, 15) is 4.79 Å². The van der Waals surface area contributed by atoms with Crippen molar-refractivity contribution in [3.05, 3.63) is 40.9 Å². The maximum absolute atomic E-state index is 10.9. The minimum absolute atomic E-state index is 0.334. The van der Waals surface area contributed by atoms with Crippen LogP contribution in [0.25, 0.3) is 0 Å². The molecule has 0 spiro atoms. The first-order chi connectivity index (χ1) is 7.00. The van der Waals surface area contributed by atoms with Crippen LogP contribution in [0, 0.1) is 6.92 Å². The molecule has 0 aromatic heterocycles. The Bertz CT molecular complexity index is 402. The van der Waals surface area contributed by atoms with Gasteiger partial charge in [-0.3, -0.25) is 0 Å². The summed E-state index contributed by atoms with van der Waals surface area (Å²) in [4.78, 5) is 11.7. The SMILES string of the molecule is C=C(Cl)CSc1ccc(C)c(C(=O)O)c1. The number of hydrogen-bond acceptors (Lipinski definition) is 2. The van der Waals surface area contributed by atoms with Crippen LogP contribution in [0.3, 0.4) is 0 Å². The van der Waals surface area contributed by atoms with Gasteiger partial charge >= 0.3 is 5.97 Å². The van der Waals surface area contributed by atoms with Crippen LogP contribution in [0.2, 0.25) is 0 Å². The van der Waals surface area contributed by atoms with Crippen molar-refractivity contribution in [2.24, 2.45) is 0 Å². The molecule has 0 bridgehead atoms. The number of aromatic carboxylic acids is 1. The summed E-state index contributed by atoms with van der Waals surface area (Å²) in [5, 5.41) is 9.47. The van der Waals surface area contributed by atoms with Crippen molar-refractivity contribution < 1.29 is 9.90 Å². The van der Waals surface area contributed by atoms with Crippen LogP contribution in [0.1, 0.15) is 15.9 Å². The normalized spacial score (nSPS) is 10.0. The van der Waals surface area contributed by atoms with Crippen LogP contribution < -0.4 is 0 Å². The third kappa shape index (κ3) is 3.61. The summed E-state index contributed by atoms with van der Waals surface area (Å²) >= 11 is 7.10. The van der Waals surface area contributed by atoms with E-state index in [2.05, 4.69) is 6.58 Å². The summed E-state index contributed by atoms with van der Waals surface area (Å²) < 4.78 is 0. The van der Waals surface area contributed by atoms with Crippen molar-refractivity contribution in [3.8, 4) is 0 Å². The van der Waals surface area contributed by atoms with Crippen molar-refractivity contribution >= 4 is 29.3 Å². The van der Waals surface area contributed by atoms with Crippen LogP contribution >= 0.6 is 23.4 Å². The molecule has 0 amide bonds. The van der Waals surface area contributed by atoms with E-state index < -0.39 is 5.97 Å². The van der Waals surface area contributed by atoms with Crippen LogP contribution in [0.4, 0.5) is 0 Å². The van der Waals surface area contributed by atoms with Gasteiger partial charge in [0.2, 0.25) is 0 Å². The maximum Gasteiger partial charge on any atom is 0.335 e. The lowest BCUT2D eigenvalue weighted by atomic mass is 10.1. The first kappa shape index (κ1) is 12.1. The zero-order valence-electron chi connectivity index (χ0n) is 8.29. The highest BCUT2D eigenvalue weighted by atomic mass is 35.5. The van der Waals surface area contributed by atoms with E-state index in [1.165, 1.54) is 11.8 Å². The summed E-state index contributed by atoms with van der Waals surface area (Å²) in [5.41, 5.74) is 1.09. The second-order valence-corrected chi connectivity index (χ2v) is 4.67. The molecule has 1 aromatic carbocycles. The van der Waals surface area contributed by atoms with Gasteiger partial charge in [-0.15, -0.1) is 11.8 Å². The first-order valence-electron chi connectivity index (χ1n) is 4.30. The van der Waals surface area contributed by atoms with E-state index in [1.54, 1.807) is 19.1 Å². The highest BCUT2D eigenvalue weighted by Crippen LogP contribution is 2.23. The van der Waals surface area contributed by atoms with Crippen molar-refractivity contribution in [3.63, 3.8) is 0 Å². The molecule has 0 heterocycles. The number of thioether (sulfide) groups is 1. The molecule has 4 heteroatoms. The zero-order valence-corrected chi connectivity index (χ0v) is 9.86. The Morgan fingerprint density at radius 3 is 2.80 bits per heavy atom. The second kappa shape index (κ2) is 5.24. The number of benzene rings is 1. The average molecular weight is 243 g/mol. The van der Waals surface area contributed by atoms with Crippen LogP contribution in [-0.4, -0.2) is 16.8 Å². The summed E-state index contributed by atoms with van der Waals surface area (Å²) in [6, 6.07) is 5.33. The number of halogens is 1. The third-order valence-electron chi connectivity index (χ3n) is 1.83. The molecule has 15 heavy (non-hydrogen) atoms. The van der Waals surface area contributed by atoms with Crippen LogP contribution in [0.5, 0.6) is 0 Å². The van der Waals surface area contributed by atoms with Gasteiger partial charge in [-0.1, -0.05) is 24.2 Å². The van der Waals surface area contributed by atoms with E-state index in [4.69, 9.17) is 16.7 Å². The molecular weight excluding hydrogens is 232 g/mol. The van der Waals surface area contributed by atoms with Gasteiger partial charge < -0.3 is 5.11 Å². The molecule has 1 N–H and O–H groups in total. The largest absolute Gasteiger partial charge is 0.478 e. The smallest absolute Gasteiger partial charge is 0.335 e. The number of carbonyl (C=O) groups is 1. The van der Waals surface area contributed by atoms with Gasteiger partial charge in [-0.25, -0.2) is 4.79 Å². The molecule has 0 atom stereocenters. The van der Waals surface area contributed by atoms with Crippen LogP contribution in [0.15, 0.2) is 34.7 Å². The highest BCUT2D eigenvalue weighted by Gasteiger charge is 2.07. The lowest BCUT2D eigenvalue weighted by molar-refractivity contribution is 0.0696. The van der Waals surface area contributed by atoms with Crippen molar-refractivity contribution in [1.82, 2.24) is 0 Å². The molecular formula is C11H11ClO2S. The number of aryl methyl sites for hydroxylation is 1. The number of hydrogen-bond donors (Lipinski definition) is 1.